The molecule has 0 radical (unpaired) electrons. The quantitative estimate of drug-likeness (QED) is 0.331. The van der Waals surface area contributed by atoms with Crippen molar-refractivity contribution in [2.24, 2.45) is 0 Å². The van der Waals surface area contributed by atoms with Crippen LogP contribution in [0, 0.1) is 0 Å². The summed E-state index contributed by atoms with van der Waals surface area (Å²) in [4.78, 5) is 12.9. The molecule has 0 aliphatic carbocycles. The molecule has 9 heavy (non-hydrogen) atoms. The second-order valence-corrected chi connectivity index (χ2v) is 1.20. The molecule has 2 N–H and O–H groups in total. The van der Waals surface area contributed by atoms with Gasteiger partial charge in [0.1, 0.15) is 0 Å². The monoisotopic (exact) mass is 135 g/mol. The van der Waals surface area contributed by atoms with Crippen molar-refractivity contribution >= 4 is 6.47 Å². The van der Waals surface area contributed by atoms with Crippen LogP contribution in [0.15, 0.2) is 0 Å². The summed E-state index contributed by atoms with van der Waals surface area (Å²) in [5.74, 6) is 0. The summed E-state index contributed by atoms with van der Waals surface area (Å²) in [7, 11) is 1.62. The zero-order valence-electron chi connectivity index (χ0n) is 5.76. The normalized spacial score (nSPS) is 7.33. The Kier molecular flexibility index (Phi) is 19.5. The van der Waals surface area contributed by atoms with Crippen molar-refractivity contribution in [3.8, 4) is 0 Å². The minimum Gasteiger partial charge on any atom is -0.483 e. The Bertz CT molecular complexity index is 45.5. The van der Waals surface area contributed by atoms with Crippen molar-refractivity contribution in [2.45, 2.75) is 13.3 Å². The zero-order chi connectivity index (χ0) is 7.54. The second-order valence-electron chi connectivity index (χ2n) is 1.20. The van der Waals surface area contributed by atoms with Gasteiger partial charge < -0.3 is 9.94 Å². The maximum absolute atomic E-state index is 8.36. The molecule has 0 amide bonds. The van der Waals surface area contributed by atoms with Crippen LogP contribution in [-0.4, -0.2) is 25.2 Å². The molecule has 0 fully saturated rings. The van der Waals surface area contributed by atoms with Crippen LogP contribution in [0.2, 0.25) is 0 Å². The molecule has 0 unspecified atom stereocenters. The Labute approximate surface area is 54.8 Å². The van der Waals surface area contributed by atoms with Crippen molar-refractivity contribution < 1.29 is 14.7 Å². The Morgan fingerprint density at radius 3 is 2.33 bits per heavy atom. The number of hydrogen-bond acceptors (Lipinski definition) is 3. The van der Waals surface area contributed by atoms with Crippen LogP contribution in [0.5, 0.6) is 0 Å². The minimum atomic E-state index is -0.250. The smallest absolute Gasteiger partial charge is 0.290 e. The lowest BCUT2D eigenvalue weighted by Crippen LogP contribution is -2.11. The van der Waals surface area contributed by atoms with E-state index in [9.17, 15) is 0 Å². The van der Waals surface area contributed by atoms with E-state index < -0.39 is 0 Å². The molecular weight excluding hydrogens is 122 g/mol. The average molecular weight is 135 g/mol. The SMILES string of the molecule is CCCNOC.O=CO. The molecule has 0 rings (SSSR count). The molecule has 0 aromatic carbocycles. The fourth-order valence-electron chi connectivity index (χ4n) is 0.204. The number of nitrogens with one attached hydrogen (secondary N) is 1. The third-order valence-electron chi connectivity index (χ3n) is 0.496. The third kappa shape index (κ3) is 37.6. The first-order valence-electron chi connectivity index (χ1n) is 2.67. The third-order valence-corrected chi connectivity index (χ3v) is 0.496. The van der Waals surface area contributed by atoms with Crippen LogP contribution in [0.4, 0.5) is 0 Å². The van der Waals surface area contributed by atoms with Gasteiger partial charge in [-0.15, -0.1) is 0 Å². The molecule has 0 aromatic rings. The maximum Gasteiger partial charge on any atom is 0.290 e. The van der Waals surface area contributed by atoms with E-state index in [1.807, 2.05) is 0 Å². The number of carbonyl (C=O) groups is 1. The Morgan fingerprint density at radius 1 is 1.78 bits per heavy atom. The van der Waals surface area contributed by atoms with E-state index in [-0.39, 0.29) is 6.47 Å². The largest absolute Gasteiger partial charge is 0.483 e. The summed E-state index contributed by atoms with van der Waals surface area (Å²) in [6, 6.07) is 0. The second kappa shape index (κ2) is 15.7. The average Bonchev–Trinajstić information content (AvgIpc) is 1.86. The van der Waals surface area contributed by atoms with Crippen molar-refractivity contribution in [3.05, 3.63) is 0 Å². The fourth-order valence-corrected chi connectivity index (χ4v) is 0.204. The van der Waals surface area contributed by atoms with E-state index in [2.05, 4.69) is 17.2 Å². The van der Waals surface area contributed by atoms with E-state index in [0.717, 1.165) is 13.0 Å². The summed E-state index contributed by atoms with van der Waals surface area (Å²) in [6.07, 6.45) is 1.12. The fraction of sp³-hybridized carbons (Fsp3) is 0.800. The van der Waals surface area contributed by atoms with Crippen molar-refractivity contribution in [1.82, 2.24) is 5.48 Å². The van der Waals surface area contributed by atoms with Gasteiger partial charge in [0.25, 0.3) is 6.47 Å². The summed E-state index contributed by atoms with van der Waals surface area (Å²) < 4.78 is 0. The summed E-state index contributed by atoms with van der Waals surface area (Å²) in [5.41, 5.74) is 2.70. The molecule has 0 spiro atoms. The molecule has 0 bridgehead atoms. The maximum atomic E-state index is 8.36. The van der Waals surface area contributed by atoms with Gasteiger partial charge >= 0.3 is 0 Å². The Balaban J connectivity index is 0. The molecule has 0 aliphatic heterocycles. The van der Waals surface area contributed by atoms with Gasteiger partial charge in [-0.25, -0.2) is 5.48 Å². The highest BCUT2D eigenvalue weighted by Crippen LogP contribution is 1.65. The van der Waals surface area contributed by atoms with Crippen LogP contribution in [0.3, 0.4) is 0 Å². The highest BCUT2D eigenvalue weighted by molar-refractivity contribution is 5.32. The molecule has 0 atom stereocenters. The lowest BCUT2D eigenvalue weighted by Gasteiger charge is -1.93. The highest BCUT2D eigenvalue weighted by Gasteiger charge is 1.71. The van der Waals surface area contributed by atoms with Gasteiger partial charge in [0.05, 0.1) is 7.11 Å². The van der Waals surface area contributed by atoms with Gasteiger partial charge in [0, 0.05) is 6.54 Å². The Morgan fingerprint density at radius 2 is 2.22 bits per heavy atom. The van der Waals surface area contributed by atoms with Gasteiger partial charge in [-0.3, -0.25) is 4.79 Å². The first-order valence-corrected chi connectivity index (χ1v) is 2.67. The van der Waals surface area contributed by atoms with Crippen LogP contribution in [0.25, 0.3) is 0 Å². The Hall–Kier alpha value is -0.610. The topological polar surface area (TPSA) is 58.6 Å². The lowest BCUT2D eigenvalue weighted by molar-refractivity contribution is -0.122. The van der Waals surface area contributed by atoms with E-state index in [1.54, 1.807) is 7.11 Å². The van der Waals surface area contributed by atoms with Gasteiger partial charge in [0.2, 0.25) is 0 Å². The van der Waals surface area contributed by atoms with E-state index in [0.29, 0.717) is 0 Å². The number of hydroxylamine groups is 1. The molecule has 4 heteroatoms. The summed E-state index contributed by atoms with van der Waals surface area (Å²) in [6.45, 7) is 2.78. The molecule has 56 valence electrons. The summed E-state index contributed by atoms with van der Waals surface area (Å²) >= 11 is 0. The van der Waals surface area contributed by atoms with Gasteiger partial charge in [-0.05, 0) is 6.42 Å². The molecular formula is C5H13NO3. The van der Waals surface area contributed by atoms with Crippen molar-refractivity contribution in [2.75, 3.05) is 13.7 Å². The number of rotatable bonds is 3. The molecule has 0 saturated heterocycles. The van der Waals surface area contributed by atoms with Crippen LogP contribution in [-0.2, 0) is 9.63 Å². The predicted molar refractivity (Wildman–Crippen MR) is 34.0 cm³/mol. The molecule has 0 heterocycles. The van der Waals surface area contributed by atoms with E-state index in [4.69, 9.17) is 9.90 Å². The number of carboxylic acid groups (broad SMARTS) is 1. The van der Waals surface area contributed by atoms with Crippen LogP contribution >= 0.6 is 0 Å². The lowest BCUT2D eigenvalue weighted by atomic mass is 10.5. The van der Waals surface area contributed by atoms with Crippen molar-refractivity contribution in [3.63, 3.8) is 0 Å². The van der Waals surface area contributed by atoms with Gasteiger partial charge in [0.15, 0.2) is 0 Å². The zero-order valence-corrected chi connectivity index (χ0v) is 5.76. The standard InChI is InChI=1S/C4H11NO.CH2O2/c1-3-4-5-6-2;2-1-3/h5H,3-4H2,1-2H3;1H,(H,2,3). The van der Waals surface area contributed by atoms with Gasteiger partial charge in [-0.1, -0.05) is 6.92 Å². The van der Waals surface area contributed by atoms with Crippen LogP contribution < -0.4 is 5.48 Å². The summed E-state index contributed by atoms with van der Waals surface area (Å²) in [5, 5.41) is 6.89. The highest BCUT2D eigenvalue weighted by atomic mass is 16.6. The van der Waals surface area contributed by atoms with E-state index in [1.165, 1.54) is 0 Å². The van der Waals surface area contributed by atoms with Gasteiger partial charge in [-0.2, -0.15) is 0 Å². The van der Waals surface area contributed by atoms with Crippen molar-refractivity contribution in [1.29, 1.82) is 0 Å². The minimum absolute atomic E-state index is 0.250. The molecule has 0 aromatic heterocycles. The first-order chi connectivity index (χ1) is 4.33. The molecule has 0 saturated carbocycles. The predicted octanol–water partition coefficient (Wildman–Crippen LogP) is 0.248. The van der Waals surface area contributed by atoms with Crippen LogP contribution in [0.1, 0.15) is 13.3 Å². The first kappa shape index (κ1) is 11.2. The van der Waals surface area contributed by atoms with E-state index >= 15 is 0 Å². The molecule has 0 aliphatic rings. The molecule has 4 nitrogen and oxygen atoms in total. The number of hydrogen-bond donors (Lipinski definition) is 2.